The Morgan fingerprint density at radius 2 is 2.32 bits per heavy atom. The zero-order valence-corrected chi connectivity index (χ0v) is 13.5. The zero-order chi connectivity index (χ0) is 15.9. The summed E-state index contributed by atoms with van der Waals surface area (Å²) in [7, 11) is 1.67. The van der Waals surface area contributed by atoms with Crippen molar-refractivity contribution in [2.75, 3.05) is 26.7 Å². The topological polar surface area (TPSA) is 98.7 Å². The van der Waals surface area contributed by atoms with Gasteiger partial charge >= 0.3 is 6.03 Å². The molecule has 120 valence electrons. The number of guanidine groups is 1. The molecule has 1 saturated heterocycles. The lowest BCUT2D eigenvalue weighted by Gasteiger charge is -2.15. The Morgan fingerprint density at radius 3 is 2.91 bits per heavy atom. The molecule has 1 aromatic rings. The van der Waals surface area contributed by atoms with Crippen molar-refractivity contribution in [2.24, 2.45) is 4.99 Å². The summed E-state index contributed by atoms with van der Waals surface area (Å²) in [6, 6.07) is -0.343. The second-order valence-corrected chi connectivity index (χ2v) is 5.83. The lowest BCUT2D eigenvalue weighted by Crippen LogP contribution is -2.43. The van der Waals surface area contributed by atoms with Crippen molar-refractivity contribution in [3.63, 3.8) is 0 Å². The molecule has 0 atom stereocenters. The van der Waals surface area contributed by atoms with E-state index in [1.165, 1.54) is 9.78 Å². The van der Waals surface area contributed by atoms with Crippen LogP contribution < -0.4 is 16.0 Å². The number of carbonyl (C=O) groups is 2. The standard InChI is InChI=1S/C13H20N6O2S/c1-3-9-6-16-10(22-9)7-17-12(14-2)15-4-5-19-11(20)8-18-13(19)21/h6H,3-5,7-8H2,1-2H3,(H,18,21)(H2,14,15,17). The maximum atomic E-state index is 11.4. The zero-order valence-electron chi connectivity index (χ0n) is 12.7. The summed E-state index contributed by atoms with van der Waals surface area (Å²) in [5.74, 6) is 0.407. The van der Waals surface area contributed by atoms with Gasteiger partial charge in [-0.05, 0) is 6.42 Å². The summed E-state index contributed by atoms with van der Waals surface area (Å²) in [5.41, 5.74) is 0. The van der Waals surface area contributed by atoms with E-state index >= 15 is 0 Å². The molecule has 0 radical (unpaired) electrons. The Balaban J connectivity index is 1.73. The third-order valence-electron chi connectivity index (χ3n) is 3.15. The van der Waals surface area contributed by atoms with Gasteiger partial charge in [0.2, 0.25) is 5.91 Å². The Kier molecular flexibility index (Phi) is 5.70. The minimum atomic E-state index is -0.343. The van der Waals surface area contributed by atoms with Crippen LogP contribution in [-0.4, -0.2) is 54.5 Å². The molecule has 8 nitrogen and oxygen atoms in total. The predicted molar refractivity (Wildman–Crippen MR) is 84.8 cm³/mol. The molecule has 0 bridgehead atoms. The van der Waals surface area contributed by atoms with Crippen molar-refractivity contribution in [3.8, 4) is 0 Å². The number of imide groups is 1. The van der Waals surface area contributed by atoms with Crippen LogP contribution >= 0.6 is 11.3 Å². The third-order valence-corrected chi connectivity index (χ3v) is 4.29. The molecular formula is C13H20N6O2S. The van der Waals surface area contributed by atoms with Crippen molar-refractivity contribution >= 4 is 29.2 Å². The molecule has 22 heavy (non-hydrogen) atoms. The number of amides is 3. The van der Waals surface area contributed by atoms with Crippen LogP contribution in [0, 0.1) is 0 Å². The molecule has 0 unspecified atom stereocenters. The number of aromatic nitrogens is 1. The molecule has 3 amide bonds. The molecule has 1 aromatic heterocycles. The summed E-state index contributed by atoms with van der Waals surface area (Å²) >= 11 is 1.67. The van der Waals surface area contributed by atoms with Crippen molar-refractivity contribution in [1.82, 2.24) is 25.8 Å². The van der Waals surface area contributed by atoms with Crippen LogP contribution in [0.5, 0.6) is 0 Å². The molecule has 1 aliphatic heterocycles. The first-order valence-corrected chi connectivity index (χ1v) is 7.92. The van der Waals surface area contributed by atoms with Crippen LogP contribution in [0.3, 0.4) is 0 Å². The summed E-state index contributed by atoms with van der Waals surface area (Å²) in [6.07, 6.45) is 2.87. The number of hydrogen-bond donors (Lipinski definition) is 3. The molecule has 9 heteroatoms. The summed E-state index contributed by atoms with van der Waals surface area (Å²) in [4.78, 5) is 33.7. The SMILES string of the molecule is CCc1cnc(CNC(=NC)NCCN2C(=O)CNC2=O)s1. The number of nitrogens with zero attached hydrogens (tertiary/aromatic N) is 3. The van der Waals surface area contributed by atoms with Gasteiger partial charge in [-0.25, -0.2) is 9.78 Å². The molecule has 0 aromatic carbocycles. The van der Waals surface area contributed by atoms with Crippen LogP contribution in [0.4, 0.5) is 4.79 Å². The first kappa shape index (κ1) is 16.2. The van der Waals surface area contributed by atoms with Gasteiger partial charge in [0.15, 0.2) is 5.96 Å². The van der Waals surface area contributed by atoms with Crippen molar-refractivity contribution in [2.45, 2.75) is 19.9 Å². The number of urea groups is 1. The first-order valence-electron chi connectivity index (χ1n) is 7.10. The molecule has 0 saturated carbocycles. The van der Waals surface area contributed by atoms with Crippen molar-refractivity contribution in [1.29, 1.82) is 0 Å². The highest BCUT2D eigenvalue weighted by atomic mass is 32.1. The van der Waals surface area contributed by atoms with Crippen LogP contribution in [-0.2, 0) is 17.8 Å². The van der Waals surface area contributed by atoms with Gasteiger partial charge in [0, 0.05) is 31.2 Å². The average Bonchev–Trinajstić information content (AvgIpc) is 3.11. The molecular weight excluding hydrogens is 304 g/mol. The number of aliphatic imine (C=N–C) groups is 1. The molecule has 1 aliphatic rings. The Labute approximate surface area is 133 Å². The van der Waals surface area contributed by atoms with Gasteiger partial charge in [-0.1, -0.05) is 6.92 Å². The monoisotopic (exact) mass is 324 g/mol. The lowest BCUT2D eigenvalue weighted by atomic mass is 10.4. The number of nitrogens with one attached hydrogen (secondary N) is 3. The maximum Gasteiger partial charge on any atom is 0.324 e. The summed E-state index contributed by atoms with van der Waals surface area (Å²) in [6.45, 7) is 3.52. The summed E-state index contributed by atoms with van der Waals surface area (Å²) < 4.78 is 0. The van der Waals surface area contributed by atoms with Gasteiger partial charge in [0.25, 0.3) is 0 Å². The fourth-order valence-corrected chi connectivity index (χ4v) is 2.74. The predicted octanol–water partition coefficient (Wildman–Crippen LogP) is -0.0777. The van der Waals surface area contributed by atoms with Gasteiger partial charge in [0.1, 0.15) is 5.01 Å². The number of rotatable bonds is 6. The van der Waals surface area contributed by atoms with Crippen LogP contribution in [0.25, 0.3) is 0 Å². The molecule has 2 rings (SSSR count). The van der Waals surface area contributed by atoms with E-state index in [0.717, 1.165) is 11.4 Å². The highest BCUT2D eigenvalue weighted by Crippen LogP contribution is 2.12. The Hall–Kier alpha value is -2.16. The van der Waals surface area contributed by atoms with E-state index in [1.807, 2.05) is 6.20 Å². The van der Waals surface area contributed by atoms with E-state index < -0.39 is 0 Å². The van der Waals surface area contributed by atoms with Gasteiger partial charge in [-0.15, -0.1) is 11.3 Å². The van der Waals surface area contributed by atoms with E-state index in [9.17, 15) is 9.59 Å². The van der Waals surface area contributed by atoms with Crippen LogP contribution in [0.15, 0.2) is 11.2 Å². The second-order valence-electron chi connectivity index (χ2n) is 4.63. The first-order chi connectivity index (χ1) is 10.6. The van der Waals surface area contributed by atoms with E-state index in [0.29, 0.717) is 25.6 Å². The van der Waals surface area contributed by atoms with Crippen LogP contribution in [0.1, 0.15) is 16.8 Å². The van der Waals surface area contributed by atoms with Gasteiger partial charge in [-0.3, -0.25) is 14.7 Å². The van der Waals surface area contributed by atoms with Gasteiger partial charge < -0.3 is 16.0 Å². The lowest BCUT2D eigenvalue weighted by molar-refractivity contribution is -0.124. The van der Waals surface area contributed by atoms with Crippen molar-refractivity contribution in [3.05, 3.63) is 16.1 Å². The number of thiazole rings is 1. The highest BCUT2D eigenvalue weighted by molar-refractivity contribution is 7.11. The van der Waals surface area contributed by atoms with E-state index in [4.69, 9.17) is 0 Å². The number of aryl methyl sites for hydroxylation is 1. The number of carbonyl (C=O) groups excluding carboxylic acids is 2. The molecule has 2 heterocycles. The fraction of sp³-hybridized carbons (Fsp3) is 0.538. The van der Waals surface area contributed by atoms with E-state index in [1.54, 1.807) is 18.4 Å². The Bertz CT molecular complexity index is 555. The molecule has 1 fully saturated rings. The minimum absolute atomic E-state index is 0.0790. The van der Waals surface area contributed by atoms with Gasteiger partial charge in [0.05, 0.1) is 13.1 Å². The Morgan fingerprint density at radius 1 is 1.50 bits per heavy atom. The normalized spacial score (nSPS) is 15.2. The van der Waals surface area contributed by atoms with Gasteiger partial charge in [-0.2, -0.15) is 0 Å². The maximum absolute atomic E-state index is 11.4. The highest BCUT2D eigenvalue weighted by Gasteiger charge is 2.27. The number of hydrogen-bond acceptors (Lipinski definition) is 5. The molecule has 0 spiro atoms. The fourth-order valence-electron chi connectivity index (χ4n) is 1.94. The smallest absolute Gasteiger partial charge is 0.324 e. The quantitative estimate of drug-likeness (QED) is 0.386. The minimum Gasteiger partial charge on any atom is -0.355 e. The van der Waals surface area contributed by atoms with Crippen LogP contribution in [0.2, 0.25) is 0 Å². The third kappa shape index (κ3) is 4.17. The van der Waals surface area contributed by atoms with E-state index in [-0.39, 0.29) is 18.5 Å². The molecule has 0 aliphatic carbocycles. The van der Waals surface area contributed by atoms with E-state index in [2.05, 4.69) is 32.9 Å². The second kappa shape index (κ2) is 7.74. The largest absolute Gasteiger partial charge is 0.355 e. The average molecular weight is 324 g/mol. The van der Waals surface area contributed by atoms with Crippen molar-refractivity contribution < 1.29 is 9.59 Å². The summed E-state index contributed by atoms with van der Waals surface area (Å²) in [5, 5.41) is 9.70. The molecule has 3 N–H and O–H groups in total.